The van der Waals surface area contributed by atoms with Crippen LogP contribution in [0.25, 0.3) is 0 Å². The lowest BCUT2D eigenvalue weighted by atomic mass is 10.00. The van der Waals surface area contributed by atoms with Gasteiger partial charge < -0.3 is 67.5 Å². The second-order valence-electron chi connectivity index (χ2n) is 15.5. The van der Waals surface area contributed by atoms with Crippen molar-refractivity contribution in [2.75, 3.05) is 31.7 Å². The van der Waals surface area contributed by atoms with Crippen molar-refractivity contribution in [3.63, 3.8) is 0 Å². The van der Waals surface area contributed by atoms with Crippen molar-refractivity contribution in [3.05, 3.63) is 71.8 Å². The van der Waals surface area contributed by atoms with E-state index in [0.29, 0.717) is 25.8 Å². The third-order valence-electron chi connectivity index (χ3n) is 9.29. The second kappa shape index (κ2) is 26.6. The number of carboxylic acid groups (broad SMARTS) is 1. The number of nitrogens with zero attached hydrogens (tertiary/aromatic N) is 1. The minimum atomic E-state index is -1.57. The van der Waals surface area contributed by atoms with Gasteiger partial charge in [-0.3, -0.25) is 28.9 Å². The minimum Gasteiger partial charge on any atom is -0.480 e. The number of ether oxygens (including phenoxy) is 2. The van der Waals surface area contributed by atoms with E-state index in [1.165, 1.54) is 4.90 Å². The zero-order chi connectivity index (χ0) is 46.6. The monoisotopic (exact) mass is 894 g/mol. The number of hydrogen-bond acceptors (Lipinski definition) is 15. The first-order valence-corrected chi connectivity index (χ1v) is 21.3. The van der Waals surface area contributed by atoms with E-state index in [9.17, 15) is 28.8 Å². The Hall–Kier alpha value is -4.87. The number of rotatable bonds is 16. The fourth-order valence-electron chi connectivity index (χ4n) is 5.99. The van der Waals surface area contributed by atoms with Gasteiger partial charge in [-0.05, 0) is 63.2 Å². The van der Waals surface area contributed by atoms with Crippen molar-refractivity contribution in [2.45, 2.75) is 113 Å². The van der Waals surface area contributed by atoms with Crippen LogP contribution in [0.1, 0.15) is 51.2 Å². The quantitative estimate of drug-likeness (QED) is 0.0902. The molecule has 21 heteroatoms. The van der Waals surface area contributed by atoms with Gasteiger partial charge in [-0.25, -0.2) is 4.79 Å². The number of hydrogen-bond donors (Lipinski definition) is 11. The summed E-state index contributed by atoms with van der Waals surface area (Å²) in [6.45, 7) is 4.46. The van der Waals surface area contributed by atoms with E-state index in [2.05, 4.69) is 20.7 Å². The number of thioether (sulfide) groups is 1. The molecule has 9 atom stereocenters. The van der Waals surface area contributed by atoms with Gasteiger partial charge in [0.05, 0.1) is 12.6 Å². The first-order valence-electron chi connectivity index (χ1n) is 19.9. The molecule has 4 rings (SSSR count). The average Bonchev–Trinajstić information content (AvgIpc) is 3.73. The lowest BCUT2D eigenvalue weighted by Crippen LogP contribution is -2.58. The number of primary amides is 1. The molecule has 0 spiro atoms. The molecule has 0 radical (unpaired) electrons. The van der Waals surface area contributed by atoms with E-state index in [1.54, 1.807) is 56.8 Å². The molecule has 2 aromatic carbocycles. The molecule has 2 aliphatic rings. The smallest absolute Gasteiger partial charge is 0.410 e. The molecule has 2 saturated heterocycles. The van der Waals surface area contributed by atoms with E-state index in [4.69, 9.17) is 46.8 Å². The number of nitrogens with two attached hydrogens (primary N) is 2. The second-order valence-corrected chi connectivity index (χ2v) is 16.4. The summed E-state index contributed by atoms with van der Waals surface area (Å²) in [5, 5.41) is 61.5. The molecule has 0 bridgehead atoms. The Morgan fingerprint density at radius 3 is 1.90 bits per heavy atom. The maximum Gasteiger partial charge on any atom is 0.410 e. The molecule has 2 aromatic rings. The average molecular weight is 895 g/mol. The van der Waals surface area contributed by atoms with Crippen LogP contribution in [0, 0.1) is 0 Å². The fraction of sp³-hybridized carbons (Fsp3) is 0.561. The minimum absolute atomic E-state index is 0.110. The molecule has 5 amide bonds. The van der Waals surface area contributed by atoms with Crippen molar-refractivity contribution < 1.29 is 68.9 Å². The van der Waals surface area contributed by atoms with Crippen molar-refractivity contribution in [3.8, 4) is 0 Å². The van der Waals surface area contributed by atoms with Crippen LogP contribution in [0.2, 0.25) is 0 Å². The van der Waals surface area contributed by atoms with Gasteiger partial charge in [-0.2, -0.15) is 11.8 Å². The van der Waals surface area contributed by atoms with Crippen molar-refractivity contribution in [1.82, 2.24) is 20.9 Å². The number of benzene rings is 2. The Bertz CT molecular complexity index is 1720. The van der Waals surface area contributed by atoms with Crippen LogP contribution in [0.4, 0.5) is 4.79 Å². The molecule has 0 saturated carbocycles. The van der Waals surface area contributed by atoms with Gasteiger partial charge in [0.2, 0.25) is 23.6 Å². The number of carboxylic acids is 1. The molecular formula is C41H62N6O14S. The maximum absolute atomic E-state index is 13.6. The summed E-state index contributed by atoms with van der Waals surface area (Å²) in [5.41, 5.74) is 11.0. The largest absolute Gasteiger partial charge is 0.480 e. The number of carbonyl (C=O) groups is 6. The Balaban J connectivity index is 0.000000512. The molecule has 2 heterocycles. The third kappa shape index (κ3) is 18.6. The molecular weight excluding hydrogens is 833 g/mol. The zero-order valence-corrected chi connectivity index (χ0v) is 36.1. The first kappa shape index (κ1) is 53.3. The lowest BCUT2D eigenvalue weighted by molar-refractivity contribution is -0.286. The zero-order valence-electron chi connectivity index (χ0n) is 35.3. The van der Waals surface area contributed by atoms with Crippen LogP contribution < -0.4 is 27.4 Å². The summed E-state index contributed by atoms with van der Waals surface area (Å²) in [6, 6.07) is 14.6. The lowest BCUT2D eigenvalue weighted by Gasteiger charge is -2.37. The summed E-state index contributed by atoms with van der Waals surface area (Å²) >= 11 is 1.66. The van der Waals surface area contributed by atoms with Crippen molar-refractivity contribution in [2.24, 2.45) is 11.5 Å². The Morgan fingerprint density at radius 2 is 1.42 bits per heavy atom. The van der Waals surface area contributed by atoms with E-state index in [-0.39, 0.29) is 12.8 Å². The predicted molar refractivity (Wildman–Crippen MR) is 227 cm³/mol. The molecule has 0 aliphatic carbocycles. The highest BCUT2D eigenvalue weighted by Crippen LogP contribution is 2.22. The van der Waals surface area contributed by atoms with Gasteiger partial charge in [0.15, 0.2) is 6.29 Å². The number of aliphatic hydroxyl groups excluding tert-OH is 5. The van der Waals surface area contributed by atoms with Crippen molar-refractivity contribution >= 4 is 47.5 Å². The molecule has 62 heavy (non-hydrogen) atoms. The molecule has 0 aromatic heterocycles. The number of likely N-dealkylation sites (tertiary alicyclic amines) is 1. The Labute approximate surface area is 364 Å². The van der Waals surface area contributed by atoms with Crippen LogP contribution in [0.15, 0.2) is 60.7 Å². The highest BCUT2D eigenvalue weighted by Gasteiger charge is 2.42. The number of amides is 5. The van der Waals surface area contributed by atoms with Gasteiger partial charge in [0.1, 0.15) is 54.7 Å². The molecule has 2 fully saturated rings. The Morgan fingerprint density at radius 1 is 0.871 bits per heavy atom. The van der Waals surface area contributed by atoms with E-state index in [0.717, 1.165) is 16.9 Å². The number of nitrogens with one attached hydrogen (secondary N) is 3. The van der Waals surface area contributed by atoms with Gasteiger partial charge in [-0.15, -0.1) is 0 Å². The third-order valence-corrected chi connectivity index (χ3v) is 9.94. The van der Waals surface area contributed by atoms with Crippen LogP contribution >= 0.6 is 11.8 Å². The normalized spacial score (nSPS) is 22.2. The fourth-order valence-corrected chi connectivity index (χ4v) is 6.48. The van der Waals surface area contributed by atoms with Crippen LogP contribution in [0.3, 0.4) is 0 Å². The topological polar surface area (TPSA) is 334 Å². The van der Waals surface area contributed by atoms with Crippen LogP contribution in [-0.4, -0.2) is 163 Å². The van der Waals surface area contributed by atoms with Gasteiger partial charge >= 0.3 is 12.1 Å². The molecule has 20 nitrogen and oxygen atoms in total. The van der Waals surface area contributed by atoms with Crippen molar-refractivity contribution in [1.29, 1.82) is 0 Å². The first-order chi connectivity index (χ1) is 29.2. The summed E-state index contributed by atoms with van der Waals surface area (Å²) in [6.07, 6.45) is -3.73. The highest BCUT2D eigenvalue weighted by atomic mass is 32.2. The summed E-state index contributed by atoms with van der Waals surface area (Å²) < 4.78 is 10.0. The summed E-state index contributed by atoms with van der Waals surface area (Å²) in [4.78, 5) is 75.4. The van der Waals surface area contributed by atoms with Gasteiger partial charge in [-0.1, -0.05) is 60.7 Å². The number of carbonyl (C=O) groups excluding carboxylic acids is 5. The van der Waals surface area contributed by atoms with Crippen LogP contribution in [0.5, 0.6) is 0 Å². The van der Waals surface area contributed by atoms with E-state index < -0.39 is 109 Å². The number of aliphatic hydroxyl groups is 5. The maximum atomic E-state index is 13.6. The summed E-state index contributed by atoms with van der Waals surface area (Å²) in [5.74, 6) is -2.52. The molecule has 1 unspecified atom stereocenters. The molecule has 346 valence electrons. The molecule has 2 aliphatic heterocycles. The number of aliphatic carboxylic acids is 1. The SMILES string of the molecule is CC(C)(C)OC(=O)N1CCC[C@H]1C(=O)N[C@@H](Cc1ccccc1)C(=O)N[C@@H](Cc1ccccc1)C(=O)NCC(=O)O.CSCC[C@H](N)C(N)=O.OC[C@H]1OC(O)[C@H](O)[C@@H](O)[C@H]1O. The van der Waals surface area contributed by atoms with E-state index in [1.807, 2.05) is 42.7 Å². The highest BCUT2D eigenvalue weighted by molar-refractivity contribution is 7.98. The predicted octanol–water partition coefficient (Wildman–Crippen LogP) is -1.63. The summed E-state index contributed by atoms with van der Waals surface area (Å²) in [7, 11) is 0. The van der Waals surface area contributed by atoms with Crippen LogP contribution in [-0.2, 0) is 46.3 Å². The van der Waals surface area contributed by atoms with E-state index >= 15 is 0 Å². The molecule has 13 N–H and O–H groups in total. The standard InChI is InChI=1S/C30H38N4O7.C6H12O6.C5H12N2OS/c1-30(2,3)41-29(40)34-16-10-15-24(34)28(39)33-23(18-21-13-8-5-9-14-21)27(38)32-22(26(37)31-19-25(35)36)17-20-11-6-4-7-12-20;7-1-2-3(8)4(9)5(10)6(11)12-2;1-9-3-2-4(6)5(7)8/h4-9,11-14,22-24H,10,15-19H2,1-3H3,(H,31,37)(H,32,38)(H,33,39)(H,35,36);2-11H,1H2;4H,2-3,6H2,1H3,(H2,7,8)/t22-,23-,24-;2-,3+,4+,5-,6?;4-/m010/s1. The van der Waals surface area contributed by atoms with Gasteiger partial charge in [0, 0.05) is 19.4 Å². The Kier molecular flexibility index (Phi) is 22.8. The van der Waals surface area contributed by atoms with Gasteiger partial charge in [0.25, 0.3) is 0 Å².